The number of hydrogen-bond acceptors (Lipinski definition) is 1. The molecule has 1 atom stereocenters. The Balaban J connectivity index is 2.18. The highest BCUT2D eigenvalue weighted by Gasteiger charge is 2.26. The molecular formula is C17H18F2O. The molecule has 0 fully saturated rings. The van der Waals surface area contributed by atoms with Crippen LogP contribution in [0.2, 0.25) is 0 Å². The summed E-state index contributed by atoms with van der Waals surface area (Å²) in [4.78, 5) is 0. The molecule has 0 saturated carbocycles. The van der Waals surface area contributed by atoms with Crippen LogP contribution in [0.15, 0.2) is 48.5 Å². The van der Waals surface area contributed by atoms with E-state index in [4.69, 9.17) is 0 Å². The third-order valence-electron chi connectivity index (χ3n) is 3.57. The van der Waals surface area contributed by atoms with E-state index in [1.807, 2.05) is 37.3 Å². The third kappa shape index (κ3) is 3.64. The van der Waals surface area contributed by atoms with Gasteiger partial charge in [-0.3, -0.25) is 0 Å². The SMILES string of the molecule is CCC(O)(Cc1ccccc1)Cc1ccc(F)cc1F. The van der Waals surface area contributed by atoms with Gasteiger partial charge in [-0.05, 0) is 23.6 Å². The molecule has 0 heterocycles. The van der Waals surface area contributed by atoms with Gasteiger partial charge in [-0.2, -0.15) is 0 Å². The van der Waals surface area contributed by atoms with Gasteiger partial charge < -0.3 is 5.11 Å². The van der Waals surface area contributed by atoms with Crippen molar-refractivity contribution in [2.75, 3.05) is 0 Å². The molecule has 0 bridgehead atoms. The maximum Gasteiger partial charge on any atom is 0.129 e. The molecule has 3 heteroatoms. The van der Waals surface area contributed by atoms with E-state index in [2.05, 4.69) is 0 Å². The van der Waals surface area contributed by atoms with Crippen LogP contribution in [0.5, 0.6) is 0 Å². The van der Waals surface area contributed by atoms with Gasteiger partial charge in [-0.1, -0.05) is 43.3 Å². The van der Waals surface area contributed by atoms with E-state index in [-0.39, 0.29) is 6.42 Å². The van der Waals surface area contributed by atoms with Crippen molar-refractivity contribution in [2.24, 2.45) is 0 Å². The molecule has 2 rings (SSSR count). The van der Waals surface area contributed by atoms with Crippen LogP contribution in [-0.2, 0) is 12.8 Å². The minimum absolute atomic E-state index is 0.171. The van der Waals surface area contributed by atoms with Crippen molar-refractivity contribution in [3.8, 4) is 0 Å². The normalized spacial score (nSPS) is 14.0. The molecule has 1 N–H and O–H groups in total. The Labute approximate surface area is 117 Å². The largest absolute Gasteiger partial charge is 0.389 e. The molecule has 106 valence electrons. The number of halogens is 2. The van der Waals surface area contributed by atoms with Crippen LogP contribution in [-0.4, -0.2) is 10.7 Å². The Morgan fingerprint density at radius 2 is 1.70 bits per heavy atom. The van der Waals surface area contributed by atoms with Gasteiger partial charge in [0, 0.05) is 18.9 Å². The van der Waals surface area contributed by atoms with E-state index >= 15 is 0 Å². The zero-order valence-electron chi connectivity index (χ0n) is 11.4. The Bertz CT molecular complexity index is 568. The summed E-state index contributed by atoms with van der Waals surface area (Å²) in [5.74, 6) is -1.21. The van der Waals surface area contributed by atoms with E-state index in [0.717, 1.165) is 11.6 Å². The van der Waals surface area contributed by atoms with Crippen LogP contribution < -0.4 is 0 Å². The third-order valence-corrected chi connectivity index (χ3v) is 3.57. The van der Waals surface area contributed by atoms with Crippen molar-refractivity contribution < 1.29 is 13.9 Å². The number of aliphatic hydroxyl groups is 1. The first-order valence-corrected chi connectivity index (χ1v) is 6.73. The van der Waals surface area contributed by atoms with Gasteiger partial charge in [-0.25, -0.2) is 8.78 Å². The van der Waals surface area contributed by atoms with Gasteiger partial charge in [0.15, 0.2) is 0 Å². The smallest absolute Gasteiger partial charge is 0.129 e. The average Bonchev–Trinajstić information content (AvgIpc) is 2.43. The Morgan fingerprint density at radius 3 is 2.30 bits per heavy atom. The molecule has 1 nitrogen and oxygen atoms in total. The quantitative estimate of drug-likeness (QED) is 0.878. The van der Waals surface area contributed by atoms with Crippen molar-refractivity contribution in [1.82, 2.24) is 0 Å². The lowest BCUT2D eigenvalue weighted by molar-refractivity contribution is 0.0360. The van der Waals surface area contributed by atoms with Crippen LogP contribution in [0.25, 0.3) is 0 Å². The predicted octanol–water partition coefficient (Wildman–Crippen LogP) is 3.89. The molecule has 0 radical (unpaired) electrons. The zero-order chi connectivity index (χ0) is 14.6. The summed E-state index contributed by atoms with van der Waals surface area (Å²) in [6.45, 7) is 1.87. The van der Waals surface area contributed by atoms with Crippen LogP contribution in [0.1, 0.15) is 24.5 Å². The molecule has 0 aliphatic heterocycles. The fourth-order valence-corrected chi connectivity index (χ4v) is 2.31. The molecule has 1 unspecified atom stereocenters. The molecule has 2 aromatic carbocycles. The molecule has 0 spiro atoms. The zero-order valence-corrected chi connectivity index (χ0v) is 11.4. The molecule has 0 saturated heterocycles. The van der Waals surface area contributed by atoms with Gasteiger partial charge in [0.25, 0.3) is 0 Å². The second-order valence-corrected chi connectivity index (χ2v) is 5.15. The highest BCUT2D eigenvalue weighted by molar-refractivity contribution is 5.23. The fraction of sp³-hybridized carbons (Fsp3) is 0.294. The summed E-state index contributed by atoms with van der Waals surface area (Å²) in [5, 5.41) is 10.7. The summed E-state index contributed by atoms with van der Waals surface area (Å²) in [5.41, 5.74) is 0.311. The van der Waals surface area contributed by atoms with Gasteiger partial charge >= 0.3 is 0 Å². The molecule has 0 aromatic heterocycles. The van der Waals surface area contributed by atoms with Gasteiger partial charge in [0.05, 0.1) is 5.60 Å². The number of benzene rings is 2. The lowest BCUT2D eigenvalue weighted by Crippen LogP contribution is -2.33. The second kappa shape index (κ2) is 6.14. The van der Waals surface area contributed by atoms with E-state index in [1.165, 1.54) is 12.1 Å². The Kier molecular flexibility index (Phi) is 4.50. The van der Waals surface area contributed by atoms with Crippen molar-refractivity contribution in [3.63, 3.8) is 0 Å². The molecule has 0 aliphatic carbocycles. The van der Waals surface area contributed by atoms with E-state index < -0.39 is 17.2 Å². The summed E-state index contributed by atoms with van der Waals surface area (Å²) >= 11 is 0. The first-order valence-electron chi connectivity index (χ1n) is 6.73. The summed E-state index contributed by atoms with van der Waals surface area (Å²) in [6.07, 6.45) is 1.12. The van der Waals surface area contributed by atoms with E-state index in [1.54, 1.807) is 0 Å². The second-order valence-electron chi connectivity index (χ2n) is 5.15. The first kappa shape index (κ1) is 14.7. The highest BCUT2D eigenvalue weighted by atomic mass is 19.1. The lowest BCUT2D eigenvalue weighted by atomic mass is 9.86. The van der Waals surface area contributed by atoms with Crippen LogP contribution in [0, 0.1) is 11.6 Å². The molecule has 2 aromatic rings. The van der Waals surface area contributed by atoms with Crippen molar-refractivity contribution in [3.05, 3.63) is 71.3 Å². The van der Waals surface area contributed by atoms with Gasteiger partial charge in [0.2, 0.25) is 0 Å². The highest BCUT2D eigenvalue weighted by Crippen LogP contribution is 2.24. The van der Waals surface area contributed by atoms with Crippen molar-refractivity contribution >= 4 is 0 Å². The number of hydrogen-bond donors (Lipinski definition) is 1. The summed E-state index contributed by atoms with van der Waals surface area (Å²) < 4.78 is 26.6. The van der Waals surface area contributed by atoms with Crippen LogP contribution >= 0.6 is 0 Å². The molecule has 20 heavy (non-hydrogen) atoms. The van der Waals surface area contributed by atoms with Gasteiger partial charge in [-0.15, -0.1) is 0 Å². The fourth-order valence-electron chi connectivity index (χ4n) is 2.31. The maximum absolute atomic E-state index is 13.7. The summed E-state index contributed by atoms with van der Waals surface area (Å²) in [6, 6.07) is 13.1. The number of rotatable bonds is 5. The maximum atomic E-state index is 13.7. The Morgan fingerprint density at radius 1 is 1.00 bits per heavy atom. The average molecular weight is 276 g/mol. The van der Waals surface area contributed by atoms with E-state index in [0.29, 0.717) is 18.4 Å². The molecular weight excluding hydrogens is 258 g/mol. The van der Waals surface area contributed by atoms with Gasteiger partial charge in [0.1, 0.15) is 11.6 Å². The predicted molar refractivity (Wildman–Crippen MR) is 75.4 cm³/mol. The monoisotopic (exact) mass is 276 g/mol. The lowest BCUT2D eigenvalue weighted by Gasteiger charge is -2.27. The standard InChI is InChI=1S/C17H18F2O/c1-2-17(20,11-13-6-4-3-5-7-13)12-14-8-9-15(18)10-16(14)19/h3-10,20H,2,11-12H2,1H3. The first-order chi connectivity index (χ1) is 9.52. The topological polar surface area (TPSA) is 20.2 Å². The molecule has 0 amide bonds. The van der Waals surface area contributed by atoms with Crippen molar-refractivity contribution in [1.29, 1.82) is 0 Å². The molecule has 0 aliphatic rings. The van der Waals surface area contributed by atoms with Crippen LogP contribution in [0.3, 0.4) is 0 Å². The summed E-state index contributed by atoms with van der Waals surface area (Å²) in [7, 11) is 0. The minimum Gasteiger partial charge on any atom is -0.389 e. The van der Waals surface area contributed by atoms with Crippen LogP contribution in [0.4, 0.5) is 8.78 Å². The van der Waals surface area contributed by atoms with E-state index in [9.17, 15) is 13.9 Å². The minimum atomic E-state index is -1.03. The Hall–Kier alpha value is -1.74. The van der Waals surface area contributed by atoms with Crippen molar-refractivity contribution in [2.45, 2.75) is 31.8 Å².